The molecule has 6 aromatic rings. The van der Waals surface area contributed by atoms with Crippen molar-refractivity contribution in [1.82, 2.24) is 19.5 Å². The van der Waals surface area contributed by atoms with Gasteiger partial charge in [0.2, 0.25) is 5.88 Å². The molecule has 0 amide bonds. The summed E-state index contributed by atoms with van der Waals surface area (Å²) < 4.78 is 13.6. The summed E-state index contributed by atoms with van der Waals surface area (Å²) in [6.07, 6.45) is 2.08. The van der Waals surface area contributed by atoms with E-state index in [-0.39, 0.29) is 4.75 Å². The van der Waals surface area contributed by atoms with Crippen molar-refractivity contribution in [3.05, 3.63) is 95.9 Å². The van der Waals surface area contributed by atoms with Crippen molar-refractivity contribution >= 4 is 50.6 Å². The molecular weight excluding hydrogens is 596 g/mol. The zero-order valence-electron chi connectivity index (χ0n) is 27.0. The first-order chi connectivity index (χ1) is 21.9. The number of carboxylic acids is 1. The Balaban J connectivity index is 1.43. The maximum atomic E-state index is 12.4. The molecule has 0 bridgehead atoms. The fraction of sp³-hybridized carbons (Fsp3) is 0.297. The Hall–Kier alpha value is -4.63. The van der Waals surface area contributed by atoms with Crippen molar-refractivity contribution in [1.29, 1.82) is 0 Å². The first-order valence-corrected chi connectivity index (χ1v) is 16.1. The SMILES string of the molecule is COc1ccc2cc(Cn3c(CC(C)(C)C(=O)O)c(SC(C)(C)C)c4cc(OCc5ccc6ccccc6n5)cnc43)ccc2n1. The number of hydrogen-bond donors (Lipinski definition) is 1. The Morgan fingerprint density at radius 3 is 2.43 bits per heavy atom. The molecule has 0 fully saturated rings. The van der Waals surface area contributed by atoms with Crippen LogP contribution in [0, 0.1) is 5.41 Å². The van der Waals surface area contributed by atoms with Crippen molar-refractivity contribution in [2.45, 2.75) is 63.8 Å². The predicted octanol–water partition coefficient (Wildman–Crippen LogP) is 8.31. The summed E-state index contributed by atoms with van der Waals surface area (Å²) in [5.74, 6) is 0.351. The topological polar surface area (TPSA) is 99.4 Å². The number of aliphatic carboxylic acids is 1. The minimum Gasteiger partial charge on any atom is -0.486 e. The Labute approximate surface area is 272 Å². The molecule has 0 unspecified atom stereocenters. The molecule has 236 valence electrons. The third-order valence-corrected chi connectivity index (χ3v) is 9.12. The van der Waals surface area contributed by atoms with Crippen LogP contribution >= 0.6 is 11.8 Å². The second-order valence-electron chi connectivity index (χ2n) is 13.1. The lowest BCUT2D eigenvalue weighted by Crippen LogP contribution is -2.28. The minimum atomic E-state index is -0.996. The number of pyridine rings is 3. The van der Waals surface area contributed by atoms with E-state index in [2.05, 4.69) is 48.5 Å². The van der Waals surface area contributed by atoms with Gasteiger partial charge in [0.05, 0.1) is 35.4 Å². The van der Waals surface area contributed by atoms with Crippen molar-refractivity contribution in [2.75, 3.05) is 7.11 Å². The van der Waals surface area contributed by atoms with Crippen LogP contribution < -0.4 is 9.47 Å². The van der Waals surface area contributed by atoms with E-state index >= 15 is 0 Å². The summed E-state index contributed by atoms with van der Waals surface area (Å²) in [7, 11) is 1.61. The Bertz CT molecular complexity index is 2080. The van der Waals surface area contributed by atoms with Crippen LogP contribution in [0.5, 0.6) is 11.6 Å². The summed E-state index contributed by atoms with van der Waals surface area (Å²) >= 11 is 1.73. The molecule has 0 aliphatic carbocycles. The lowest BCUT2D eigenvalue weighted by molar-refractivity contribution is -0.146. The van der Waals surface area contributed by atoms with Gasteiger partial charge in [-0.2, -0.15) is 0 Å². The van der Waals surface area contributed by atoms with Gasteiger partial charge in [0.25, 0.3) is 0 Å². The number of rotatable bonds is 10. The van der Waals surface area contributed by atoms with Gasteiger partial charge in [-0.25, -0.2) is 15.0 Å². The summed E-state index contributed by atoms with van der Waals surface area (Å²) in [5, 5.41) is 13.2. The number of carboxylic acid groups (broad SMARTS) is 1. The highest BCUT2D eigenvalue weighted by molar-refractivity contribution is 8.00. The van der Waals surface area contributed by atoms with Gasteiger partial charge in [-0.05, 0) is 55.8 Å². The standard InChI is InChI=1S/C37H38N4O4S/c1-36(2,3)46-33-28-18-27(45-22-26-14-12-24-9-7-8-10-29(24)39-26)20-38-34(28)41(31(33)19-37(4,5)35(42)43)21-23-11-15-30-25(17-23)13-16-32(40-30)44-6/h7-18,20H,19,21-22H2,1-6H3,(H,42,43). The second kappa shape index (κ2) is 12.3. The number of benzene rings is 2. The molecule has 0 saturated heterocycles. The van der Waals surface area contributed by atoms with Crippen molar-refractivity contribution in [3.8, 4) is 11.6 Å². The number of carbonyl (C=O) groups is 1. The molecule has 6 rings (SSSR count). The Morgan fingerprint density at radius 1 is 0.913 bits per heavy atom. The average Bonchev–Trinajstić information content (AvgIpc) is 3.28. The number of methoxy groups -OCH3 is 1. The number of ether oxygens (including phenoxy) is 2. The van der Waals surface area contributed by atoms with E-state index < -0.39 is 11.4 Å². The van der Waals surface area contributed by atoms with Crippen LogP contribution in [-0.4, -0.2) is 42.5 Å². The lowest BCUT2D eigenvalue weighted by Gasteiger charge is -2.24. The van der Waals surface area contributed by atoms with E-state index in [1.165, 1.54) is 0 Å². The summed E-state index contributed by atoms with van der Waals surface area (Å²) in [6.45, 7) is 10.9. The zero-order chi connectivity index (χ0) is 32.6. The van der Waals surface area contributed by atoms with Crippen LogP contribution in [0.2, 0.25) is 0 Å². The third-order valence-electron chi connectivity index (χ3n) is 7.85. The van der Waals surface area contributed by atoms with Crippen LogP contribution in [0.3, 0.4) is 0 Å². The fourth-order valence-electron chi connectivity index (χ4n) is 5.46. The van der Waals surface area contributed by atoms with Crippen molar-refractivity contribution in [2.24, 2.45) is 5.41 Å². The maximum Gasteiger partial charge on any atom is 0.309 e. The fourth-order valence-corrected chi connectivity index (χ4v) is 6.64. The maximum absolute atomic E-state index is 12.4. The Morgan fingerprint density at radius 2 is 1.67 bits per heavy atom. The number of fused-ring (bicyclic) bond motifs is 3. The Kier molecular flexibility index (Phi) is 8.37. The third kappa shape index (κ3) is 6.65. The number of thioether (sulfide) groups is 1. The van der Waals surface area contributed by atoms with Crippen LogP contribution in [0.15, 0.2) is 83.9 Å². The molecule has 0 atom stereocenters. The molecule has 0 spiro atoms. The molecule has 0 radical (unpaired) electrons. The minimum absolute atomic E-state index is 0.138. The second-order valence-corrected chi connectivity index (χ2v) is 15.0. The molecule has 0 aliphatic rings. The quantitative estimate of drug-likeness (QED) is 0.150. The van der Waals surface area contributed by atoms with Crippen LogP contribution in [0.4, 0.5) is 0 Å². The van der Waals surface area contributed by atoms with Gasteiger partial charge in [0.1, 0.15) is 18.0 Å². The first kappa shape index (κ1) is 31.4. The summed E-state index contributed by atoms with van der Waals surface area (Å²) in [5.41, 5.74) is 4.38. The van der Waals surface area contributed by atoms with Gasteiger partial charge in [0.15, 0.2) is 0 Å². The molecule has 0 saturated carbocycles. The van der Waals surface area contributed by atoms with Gasteiger partial charge in [-0.15, -0.1) is 11.8 Å². The van der Waals surface area contributed by atoms with Gasteiger partial charge in [-0.1, -0.05) is 51.1 Å². The van der Waals surface area contributed by atoms with E-state index in [4.69, 9.17) is 19.4 Å². The number of aromatic nitrogens is 4. The molecule has 0 aliphatic heterocycles. The van der Waals surface area contributed by atoms with Crippen LogP contribution in [0.1, 0.15) is 51.6 Å². The lowest BCUT2D eigenvalue weighted by atomic mass is 9.88. The molecule has 4 aromatic heterocycles. The van der Waals surface area contributed by atoms with Gasteiger partial charge >= 0.3 is 5.97 Å². The highest BCUT2D eigenvalue weighted by Gasteiger charge is 2.33. The van der Waals surface area contributed by atoms with Crippen molar-refractivity contribution < 1.29 is 19.4 Å². The molecule has 46 heavy (non-hydrogen) atoms. The molecule has 2 aromatic carbocycles. The normalized spacial score (nSPS) is 12.2. The van der Waals surface area contributed by atoms with Crippen LogP contribution in [-0.2, 0) is 24.4 Å². The highest BCUT2D eigenvalue weighted by atomic mass is 32.2. The summed E-state index contributed by atoms with van der Waals surface area (Å²) in [4.78, 5) is 27.7. The van der Waals surface area contributed by atoms with E-state index in [1.54, 1.807) is 38.9 Å². The molecule has 4 heterocycles. The monoisotopic (exact) mass is 634 g/mol. The molecule has 9 heteroatoms. The predicted molar refractivity (Wildman–Crippen MR) is 184 cm³/mol. The molecule has 8 nitrogen and oxygen atoms in total. The van der Waals surface area contributed by atoms with E-state index in [1.807, 2.05) is 54.6 Å². The van der Waals surface area contributed by atoms with Gasteiger partial charge in [0, 0.05) is 50.5 Å². The molecule has 1 N–H and O–H groups in total. The van der Waals surface area contributed by atoms with E-state index in [0.29, 0.717) is 31.2 Å². The smallest absolute Gasteiger partial charge is 0.309 e. The number of nitrogens with zero attached hydrogens (tertiary/aromatic N) is 4. The number of hydrogen-bond acceptors (Lipinski definition) is 7. The van der Waals surface area contributed by atoms with Crippen molar-refractivity contribution in [3.63, 3.8) is 0 Å². The number of para-hydroxylation sites is 1. The summed E-state index contributed by atoms with van der Waals surface area (Å²) in [6, 6.07) is 24.1. The first-order valence-electron chi connectivity index (χ1n) is 15.2. The van der Waals surface area contributed by atoms with Gasteiger partial charge < -0.3 is 19.1 Å². The largest absolute Gasteiger partial charge is 0.486 e. The van der Waals surface area contributed by atoms with E-state index in [0.717, 1.165) is 54.7 Å². The zero-order valence-corrected chi connectivity index (χ0v) is 27.8. The molecular formula is C37H38N4O4S. The van der Waals surface area contributed by atoms with Crippen LogP contribution in [0.25, 0.3) is 32.8 Å². The van der Waals surface area contributed by atoms with E-state index in [9.17, 15) is 9.90 Å². The highest BCUT2D eigenvalue weighted by Crippen LogP contribution is 2.43. The van der Waals surface area contributed by atoms with Gasteiger partial charge in [-0.3, -0.25) is 4.79 Å². The average molecular weight is 635 g/mol.